The van der Waals surface area contributed by atoms with Gasteiger partial charge in [-0.1, -0.05) is 66.2 Å². The summed E-state index contributed by atoms with van der Waals surface area (Å²) >= 11 is 0. The molecule has 0 bridgehead atoms. The first-order valence-corrected chi connectivity index (χ1v) is 6.93. The summed E-state index contributed by atoms with van der Waals surface area (Å²) in [6.45, 7) is 12.8. The number of aliphatic hydroxyl groups excluding tert-OH is 1. The molecule has 0 fully saturated rings. The molecular formula is C16H32O2. The minimum Gasteiger partial charge on any atom is -0.508 e. The molecule has 1 rings (SSSR count). The highest BCUT2D eigenvalue weighted by molar-refractivity contribution is 5.18. The van der Waals surface area contributed by atoms with Gasteiger partial charge in [0.2, 0.25) is 0 Å². The van der Waals surface area contributed by atoms with Gasteiger partial charge in [0.1, 0.15) is 5.75 Å². The molecule has 0 aromatic heterocycles. The van der Waals surface area contributed by atoms with Crippen LogP contribution in [0.25, 0.3) is 0 Å². The molecule has 0 saturated heterocycles. The lowest BCUT2D eigenvalue weighted by Crippen LogP contribution is -1.89. The predicted octanol–water partition coefficient (Wildman–Crippen LogP) is 4.86. The highest BCUT2D eigenvalue weighted by Crippen LogP contribution is 2.02. The van der Waals surface area contributed by atoms with Crippen LogP contribution >= 0.6 is 0 Å². The van der Waals surface area contributed by atoms with Crippen LogP contribution in [-0.2, 0) is 0 Å². The van der Waals surface area contributed by atoms with Gasteiger partial charge in [0.05, 0.1) is 0 Å². The average Bonchev–Trinajstić information content (AvgIpc) is 2.34. The summed E-state index contributed by atoms with van der Waals surface area (Å²) in [5, 5.41) is 16.9. The highest BCUT2D eigenvalue weighted by Gasteiger charge is 1.86. The smallest absolute Gasteiger partial charge is 0.115 e. The summed E-state index contributed by atoms with van der Waals surface area (Å²) in [4.78, 5) is 0. The van der Waals surface area contributed by atoms with Gasteiger partial charge in [-0.2, -0.15) is 0 Å². The maximum absolute atomic E-state index is 8.63. The highest BCUT2D eigenvalue weighted by atomic mass is 16.3. The molecule has 18 heavy (non-hydrogen) atoms. The largest absolute Gasteiger partial charge is 0.508 e. The number of hydrogen-bond donors (Lipinski definition) is 2. The van der Waals surface area contributed by atoms with Crippen molar-refractivity contribution in [1.29, 1.82) is 0 Å². The van der Waals surface area contributed by atoms with E-state index in [0.717, 1.165) is 6.42 Å². The second kappa shape index (κ2) is 21.3. The molecule has 1 aromatic rings. The number of aromatic hydroxyl groups is 1. The molecule has 1 aromatic carbocycles. The second-order valence-corrected chi connectivity index (χ2v) is 3.95. The van der Waals surface area contributed by atoms with E-state index in [1.165, 1.54) is 6.42 Å². The van der Waals surface area contributed by atoms with Gasteiger partial charge in [0, 0.05) is 6.61 Å². The van der Waals surface area contributed by atoms with Crippen molar-refractivity contribution < 1.29 is 10.2 Å². The average molecular weight is 256 g/mol. The van der Waals surface area contributed by atoms with Crippen molar-refractivity contribution in [3.05, 3.63) is 30.3 Å². The number of aliphatic hydroxyl groups is 1. The van der Waals surface area contributed by atoms with E-state index in [1.54, 1.807) is 24.3 Å². The molecule has 0 spiro atoms. The third-order valence-electron chi connectivity index (χ3n) is 1.46. The van der Waals surface area contributed by atoms with Crippen molar-refractivity contribution >= 4 is 0 Å². The van der Waals surface area contributed by atoms with Gasteiger partial charge < -0.3 is 10.2 Å². The molecular weight excluding hydrogens is 224 g/mol. The van der Waals surface area contributed by atoms with Crippen LogP contribution in [0.2, 0.25) is 0 Å². The summed E-state index contributed by atoms with van der Waals surface area (Å²) in [5.74, 6) is 0.970. The van der Waals surface area contributed by atoms with E-state index in [-0.39, 0.29) is 0 Å². The summed E-state index contributed by atoms with van der Waals surface area (Å²) in [6, 6.07) is 8.71. The van der Waals surface area contributed by atoms with Crippen molar-refractivity contribution in [2.24, 2.45) is 5.92 Å². The molecule has 0 atom stereocenters. The second-order valence-electron chi connectivity index (χ2n) is 3.95. The van der Waals surface area contributed by atoms with Crippen LogP contribution in [0.4, 0.5) is 0 Å². The van der Waals surface area contributed by atoms with Crippen molar-refractivity contribution in [3.8, 4) is 5.75 Å². The Labute approximate surface area is 114 Å². The molecule has 0 amide bonds. The fraction of sp³-hybridized carbons (Fsp3) is 0.625. The first-order chi connectivity index (χ1) is 8.58. The number of para-hydroxylation sites is 1. The Kier molecular flexibility index (Phi) is 26.2. The van der Waals surface area contributed by atoms with E-state index in [1.807, 2.05) is 19.9 Å². The minimum atomic E-state index is 0.322. The number of phenols is 1. The zero-order valence-corrected chi connectivity index (χ0v) is 13.0. The van der Waals surface area contributed by atoms with Crippen LogP contribution in [0, 0.1) is 5.92 Å². The van der Waals surface area contributed by atoms with Gasteiger partial charge >= 0.3 is 0 Å². The predicted molar refractivity (Wildman–Crippen MR) is 82.0 cm³/mol. The van der Waals surface area contributed by atoms with Crippen LogP contribution < -0.4 is 0 Å². The Morgan fingerprint density at radius 3 is 1.50 bits per heavy atom. The van der Waals surface area contributed by atoms with Gasteiger partial charge in [-0.15, -0.1) is 0 Å². The Morgan fingerprint density at radius 2 is 1.39 bits per heavy atom. The SMILES string of the molecule is CC.CC(C)CCO.CCC.Oc1ccccc1. The summed E-state index contributed by atoms with van der Waals surface area (Å²) in [6.07, 6.45) is 2.18. The van der Waals surface area contributed by atoms with Crippen molar-refractivity contribution in [1.82, 2.24) is 0 Å². The van der Waals surface area contributed by atoms with Gasteiger partial charge in [-0.3, -0.25) is 0 Å². The molecule has 0 aliphatic carbocycles. The normalized spacial score (nSPS) is 8.00. The van der Waals surface area contributed by atoms with E-state index < -0.39 is 0 Å². The standard InChI is InChI=1S/C6H6O.C5H12O.C3H8.C2H6/c7-6-4-2-1-3-5-6;1-5(2)3-4-6;1-3-2;1-2/h1-5,7H;5-6H,3-4H2,1-2H3;3H2,1-2H3;1-2H3. The lowest BCUT2D eigenvalue weighted by Gasteiger charge is -1.95. The molecule has 0 unspecified atom stereocenters. The molecule has 108 valence electrons. The Morgan fingerprint density at radius 1 is 1.00 bits per heavy atom. The maximum atomic E-state index is 8.63. The molecule has 0 aliphatic heterocycles. The van der Waals surface area contributed by atoms with Crippen LogP contribution in [0.1, 0.15) is 54.4 Å². The monoisotopic (exact) mass is 256 g/mol. The van der Waals surface area contributed by atoms with E-state index in [0.29, 0.717) is 18.3 Å². The molecule has 0 saturated carbocycles. The van der Waals surface area contributed by atoms with Gasteiger partial charge in [-0.25, -0.2) is 0 Å². The molecule has 2 heteroatoms. The van der Waals surface area contributed by atoms with Crippen LogP contribution in [0.15, 0.2) is 30.3 Å². The fourth-order valence-corrected chi connectivity index (χ4v) is 0.686. The van der Waals surface area contributed by atoms with Crippen LogP contribution in [-0.4, -0.2) is 16.8 Å². The lowest BCUT2D eigenvalue weighted by atomic mass is 10.2. The fourth-order valence-electron chi connectivity index (χ4n) is 0.686. The third-order valence-corrected chi connectivity index (χ3v) is 1.46. The molecule has 2 N–H and O–H groups in total. The minimum absolute atomic E-state index is 0.322. The van der Waals surface area contributed by atoms with Gasteiger partial charge in [-0.05, 0) is 24.5 Å². The van der Waals surface area contributed by atoms with Crippen LogP contribution in [0.3, 0.4) is 0 Å². The number of rotatable bonds is 2. The first kappa shape index (κ1) is 22.2. The number of benzene rings is 1. The van der Waals surface area contributed by atoms with E-state index in [2.05, 4.69) is 27.7 Å². The van der Waals surface area contributed by atoms with Gasteiger partial charge in [0.15, 0.2) is 0 Å². The number of hydrogen-bond acceptors (Lipinski definition) is 2. The zero-order valence-electron chi connectivity index (χ0n) is 13.0. The summed E-state index contributed by atoms with van der Waals surface area (Å²) in [7, 11) is 0. The van der Waals surface area contributed by atoms with Gasteiger partial charge in [0.25, 0.3) is 0 Å². The Hall–Kier alpha value is -1.02. The van der Waals surface area contributed by atoms with E-state index >= 15 is 0 Å². The molecule has 0 heterocycles. The van der Waals surface area contributed by atoms with E-state index in [4.69, 9.17) is 10.2 Å². The molecule has 2 nitrogen and oxygen atoms in total. The maximum Gasteiger partial charge on any atom is 0.115 e. The number of phenolic OH excluding ortho intramolecular Hbond substituents is 1. The summed E-state index contributed by atoms with van der Waals surface area (Å²) < 4.78 is 0. The Bertz CT molecular complexity index is 208. The zero-order chi connectivity index (χ0) is 14.8. The van der Waals surface area contributed by atoms with Crippen molar-refractivity contribution in [3.63, 3.8) is 0 Å². The topological polar surface area (TPSA) is 40.5 Å². The van der Waals surface area contributed by atoms with Crippen LogP contribution in [0.5, 0.6) is 5.75 Å². The van der Waals surface area contributed by atoms with Crippen molar-refractivity contribution in [2.75, 3.05) is 6.61 Å². The molecule has 0 radical (unpaired) electrons. The summed E-state index contributed by atoms with van der Waals surface area (Å²) in [5.41, 5.74) is 0. The third kappa shape index (κ3) is 29.4. The lowest BCUT2D eigenvalue weighted by molar-refractivity contribution is 0.268. The first-order valence-electron chi connectivity index (χ1n) is 6.93. The van der Waals surface area contributed by atoms with E-state index in [9.17, 15) is 0 Å². The van der Waals surface area contributed by atoms with Crippen molar-refractivity contribution in [2.45, 2.75) is 54.4 Å². The molecule has 0 aliphatic rings. The quantitative estimate of drug-likeness (QED) is 0.793. The Balaban J connectivity index is -0.000000187.